The summed E-state index contributed by atoms with van der Waals surface area (Å²) in [4.78, 5) is 37.4. The Morgan fingerprint density at radius 1 is 0.933 bits per heavy atom. The summed E-state index contributed by atoms with van der Waals surface area (Å²) in [5.74, 6) is 0.0718. The van der Waals surface area contributed by atoms with Crippen LogP contribution in [0.4, 0.5) is 0 Å². The van der Waals surface area contributed by atoms with Crippen molar-refractivity contribution in [3.8, 4) is 0 Å². The van der Waals surface area contributed by atoms with Gasteiger partial charge in [0, 0.05) is 55.4 Å². The Hall–Kier alpha value is -3.41. The van der Waals surface area contributed by atoms with E-state index in [-0.39, 0.29) is 0 Å². The number of aromatic amines is 1. The average Bonchev–Trinajstić information content (AvgIpc) is 3.24. The van der Waals surface area contributed by atoms with Crippen LogP contribution in [0, 0.1) is 0 Å². The van der Waals surface area contributed by atoms with Gasteiger partial charge in [0.1, 0.15) is 5.84 Å². The van der Waals surface area contributed by atoms with E-state index in [2.05, 4.69) is 28.9 Å². The van der Waals surface area contributed by atoms with Crippen molar-refractivity contribution in [2.75, 3.05) is 32.7 Å². The molecule has 2 heterocycles. The lowest BCUT2D eigenvalue weighted by atomic mass is 10.1. The van der Waals surface area contributed by atoms with Gasteiger partial charge in [-0.15, -0.1) is 0 Å². The largest absolute Gasteiger partial charge is 0.360 e. The number of nitrogens with zero attached hydrogens (tertiary/aromatic N) is 3. The highest BCUT2D eigenvalue weighted by Crippen LogP contribution is 2.19. The van der Waals surface area contributed by atoms with Gasteiger partial charge in [0.2, 0.25) is 0 Å². The van der Waals surface area contributed by atoms with Gasteiger partial charge in [-0.3, -0.25) is 14.6 Å². The Labute approximate surface area is 176 Å². The molecule has 1 aliphatic heterocycles. The van der Waals surface area contributed by atoms with Gasteiger partial charge in [0.05, 0.1) is 5.56 Å². The zero-order valence-corrected chi connectivity index (χ0v) is 17.2. The summed E-state index contributed by atoms with van der Waals surface area (Å²) < 4.78 is 0. The van der Waals surface area contributed by atoms with E-state index in [0.717, 1.165) is 35.3 Å². The van der Waals surface area contributed by atoms with Crippen LogP contribution in [0.1, 0.15) is 29.3 Å². The number of ketones is 1. The lowest BCUT2D eigenvalue weighted by Gasteiger charge is -2.36. The number of H-pyrrole nitrogens is 1. The van der Waals surface area contributed by atoms with E-state index in [0.29, 0.717) is 31.7 Å². The van der Waals surface area contributed by atoms with E-state index in [1.165, 1.54) is 0 Å². The average molecular weight is 402 g/mol. The van der Waals surface area contributed by atoms with Crippen LogP contribution >= 0.6 is 0 Å². The molecule has 6 heteroatoms. The van der Waals surface area contributed by atoms with E-state index in [9.17, 15) is 9.59 Å². The van der Waals surface area contributed by atoms with Crippen LogP contribution in [-0.2, 0) is 4.79 Å². The first-order valence-electron chi connectivity index (χ1n) is 10.4. The third-order valence-electron chi connectivity index (χ3n) is 5.41. The predicted molar refractivity (Wildman–Crippen MR) is 119 cm³/mol. The molecule has 0 bridgehead atoms. The van der Waals surface area contributed by atoms with Crippen molar-refractivity contribution < 1.29 is 9.59 Å². The third kappa shape index (κ3) is 3.99. The number of Topliss-reactive ketones (excluding diaryl/α,β-unsaturated/α-hetero) is 1. The molecule has 0 saturated carbocycles. The Morgan fingerprint density at radius 3 is 2.33 bits per heavy atom. The van der Waals surface area contributed by atoms with Gasteiger partial charge in [0.25, 0.3) is 11.7 Å². The molecule has 0 aliphatic carbocycles. The molecule has 0 atom stereocenters. The number of benzene rings is 2. The predicted octanol–water partition coefficient (Wildman–Crippen LogP) is 3.35. The summed E-state index contributed by atoms with van der Waals surface area (Å²) in [6, 6.07) is 17.7. The second-order valence-corrected chi connectivity index (χ2v) is 7.43. The van der Waals surface area contributed by atoms with Crippen LogP contribution in [-0.4, -0.2) is 65.0 Å². The molecule has 6 nitrogen and oxygen atoms in total. The van der Waals surface area contributed by atoms with Crippen LogP contribution in [0.5, 0.6) is 0 Å². The maximum atomic E-state index is 12.9. The Kier molecular flexibility index (Phi) is 5.93. The zero-order valence-electron chi connectivity index (χ0n) is 17.2. The summed E-state index contributed by atoms with van der Waals surface area (Å²) in [5.41, 5.74) is 2.38. The standard InChI is InChI=1S/C24H26N4O2/c1-2-12-25-23(18-8-4-3-5-9-18)27-13-15-28(16-14-27)24(30)22(29)20-17-26-21-11-7-6-10-19(20)21/h3-11,17,26H,2,12-16H2,1H3/b25-23+. The molecular formula is C24H26N4O2. The second-order valence-electron chi connectivity index (χ2n) is 7.43. The number of piperazine rings is 1. The number of amides is 1. The van der Waals surface area contributed by atoms with Gasteiger partial charge < -0.3 is 14.8 Å². The maximum absolute atomic E-state index is 12.9. The number of aromatic nitrogens is 1. The first-order chi connectivity index (χ1) is 14.7. The van der Waals surface area contributed by atoms with Gasteiger partial charge in [0.15, 0.2) is 0 Å². The lowest BCUT2D eigenvalue weighted by Crippen LogP contribution is -2.52. The van der Waals surface area contributed by atoms with Crippen LogP contribution in [0.2, 0.25) is 0 Å². The molecule has 1 aromatic heterocycles. The van der Waals surface area contributed by atoms with Crippen molar-refractivity contribution in [2.45, 2.75) is 13.3 Å². The molecular weight excluding hydrogens is 376 g/mol. The summed E-state index contributed by atoms with van der Waals surface area (Å²) >= 11 is 0. The van der Waals surface area contributed by atoms with E-state index < -0.39 is 11.7 Å². The number of carbonyl (C=O) groups excluding carboxylic acids is 2. The minimum Gasteiger partial charge on any atom is -0.360 e. The molecule has 0 unspecified atom stereocenters. The fraction of sp³-hybridized carbons (Fsp3) is 0.292. The quantitative estimate of drug-likeness (QED) is 0.308. The first-order valence-corrected chi connectivity index (χ1v) is 10.4. The number of para-hydroxylation sites is 1. The molecule has 2 aromatic carbocycles. The number of hydrogen-bond acceptors (Lipinski definition) is 3. The Bertz CT molecular complexity index is 1060. The number of rotatable bonds is 5. The highest BCUT2D eigenvalue weighted by Gasteiger charge is 2.29. The molecule has 1 fully saturated rings. The summed E-state index contributed by atoms with van der Waals surface area (Å²) in [5, 5.41) is 0.785. The zero-order chi connectivity index (χ0) is 20.9. The fourth-order valence-electron chi connectivity index (χ4n) is 3.82. The number of amidine groups is 1. The van der Waals surface area contributed by atoms with E-state index >= 15 is 0 Å². The normalized spacial score (nSPS) is 14.9. The Balaban J connectivity index is 1.45. The van der Waals surface area contributed by atoms with E-state index in [4.69, 9.17) is 4.99 Å². The van der Waals surface area contributed by atoms with Crippen LogP contribution in [0.15, 0.2) is 65.8 Å². The summed E-state index contributed by atoms with van der Waals surface area (Å²) in [7, 11) is 0. The number of aliphatic imine (C=N–C) groups is 1. The number of fused-ring (bicyclic) bond motifs is 1. The molecule has 4 rings (SSSR count). The molecule has 154 valence electrons. The SMILES string of the molecule is CCC/N=C(\c1ccccc1)N1CCN(C(=O)C(=O)c2c[nH]c3ccccc23)CC1. The van der Waals surface area contributed by atoms with Crippen molar-refractivity contribution in [1.29, 1.82) is 0 Å². The van der Waals surface area contributed by atoms with Gasteiger partial charge in [-0.25, -0.2) is 0 Å². The molecule has 1 saturated heterocycles. The molecule has 1 aliphatic rings. The lowest BCUT2D eigenvalue weighted by molar-refractivity contribution is -0.127. The molecule has 0 radical (unpaired) electrons. The second kappa shape index (κ2) is 8.95. The molecule has 30 heavy (non-hydrogen) atoms. The Morgan fingerprint density at radius 2 is 1.60 bits per heavy atom. The van der Waals surface area contributed by atoms with E-state index in [1.54, 1.807) is 11.1 Å². The van der Waals surface area contributed by atoms with Gasteiger partial charge in [-0.05, 0) is 12.5 Å². The van der Waals surface area contributed by atoms with Crippen LogP contribution < -0.4 is 0 Å². The third-order valence-corrected chi connectivity index (χ3v) is 5.41. The topological polar surface area (TPSA) is 68.8 Å². The molecule has 1 amide bonds. The van der Waals surface area contributed by atoms with Crippen LogP contribution in [0.25, 0.3) is 10.9 Å². The van der Waals surface area contributed by atoms with Crippen LogP contribution in [0.3, 0.4) is 0 Å². The first kappa shape index (κ1) is 19.9. The highest BCUT2D eigenvalue weighted by atomic mass is 16.2. The number of hydrogen-bond donors (Lipinski definition) is 1. The minimum atomic E-state index is -0.455. The smallest absolute Gasteiger partial charge is 0.295 e. The number of carbonyl (C=O) groups is 2. The summed E-state index contributed by atoms with van der Waals surface area (Å²) in [6.45, 7) is 5.20. The monoisotopic (exact) mass is 402 g/mol. The van der Waals surface area contributed by atoms with Crippen molar-refractivity contribution in [1.82, 2.24) is 14.8 Å². The molecule has 3 aromatic rings. The minimum absolute atomic E-state index is 0.438. The summed E-state index contributed by atoms with van der Waals surface area (Å²) in [6.07, 6.45) is 2.61. The van der Waals surface area contributed by atoms with E-state index in [1.807, 2.05) is 42.5 Å². The molecule has 1 N–H and O–H groups in total. The van der Waals surface area contributed by atoms with Gasteiger partial charge in [-0.1, -0.05) is 55.5 Å². The van der Waals surface area contributed by atoms with Gasteiger partial charge >= 0.3 is 0 Å². The number of nitrogens with one attached hydrogen (secondary N) is 1. The van der Waals surface area contributed by atoms with Crippen molar-refractivity contribution >= 4 is 28.4 Å². The van der Waals surface area contributed by atoms with Crippen molar-refractivity contribution in [3.63, 3.8) is 0 Å². The maximum Gasteiger partial charge on any atom is 0.295 e. The fourth-order valence-corrected chi connectivity index (χ4v) is 3.82. The van der Waals surface area contributed by atoms with Crippen molar-refractivity contribution in [2.24, 2.45) is 4.99 Å². The van der Waals surface area contributed by atoms with Crippen molar-refractivity contribution in [3.05, 3.63) is 71.9 Å². The van der Waals surface area contributed by atoms with Gasteiger partial charge in [-0.2, -0.15) is 0 Å². The molecule has 0 spiro atoms. The highest BCUT2D eigenvalue weighted by molar-refractivity contribution is 6.44.